The first kappa shape index (κ1) is 13.0. The van der Waals surface area contributed by atoms with Gasteiger partial charge in [0.2, 0.25) is 5.91 Å². The molecule has 0 aromatic carbocycles. The zero-order valence-electron chi connectivity index (χ0n) is 10.2. The van der Waals surface area contributed by atoms with Crippen molar-refractivity contribution in [2.45, 2.75) is 26.4 Å². The zero-order valence-corrected chi connectivity index (χ0v) is 10.2. The molecule has 0 radical (unpaired) electrons. The molecule has 0 spiro atoms. The molecule has 1 saturated heterocycles. The van der Waals surface area contributed by atoms with Gasteiger partial charge in [-0.2, -0.15) is 0 Å². The van der Waals surface area contributed by atoms with E-state index >= 15 is 0 Å². The molecule has 0 saturated carbocycles. The van der Waals surface area contributed by atoms with Gasteiger partial charge in [0, 0.05) is 19.5 Å². The molecule has 92 valence electrons. The number of amides is 2. The lowest BCUT2D eigenvalue weighted by molar-refractivity contribution is -0.149. The Balaban J connectivity index is 2.56. The van der Waals surface area contributed by atoms with Crippen LogP contribution in [0.3, 0.4) is 0 Å². The molecule has 0 aromatic heterocycles. The summed E-state index contributed by atoms with van der Waals surface area (Å²) >= 11 is 0. The third kappa shape index (κ3) is 2.95. The zero-order chi connectivity index (χ0) is 12.1. The van der Waals surface area contributed by atoms with E-state index in [1.807, 2.05) is 13.8 Å². The van der Waals surface area contributed by atoms with E-state index in [0.29, 0.717) is 19.7 Å². The van der Waals surface area contributed by atoms with Gasteiger partial charge in [0.05, 0.1) is 13.2 Å². The van der Waals surface area contributed by atoms with Crippen molar-refractivity contribution in [3.63, 3.8) is 0 Å². The van der Waals surface area contributed by atoms with E-state index in [1.54, 1.807) is 11.9 Å². The van der Waals surface area contributed by atoms with E-state index in [0.717, 1.165) is 6.42 Å². The van der Waals surface area contributed by atoms with Crippen LogP contribution in [-0.4, -0.2) is 49.6 Å². The number of morpholine rings is 1. The van der Waals surface area contributed by atoms with Gasteiger partial charge < -0.3 is 15.0 Å². The highest BCUT2D eigenvalue weighted by molar-refractivity contribution is 5.83. The van der Waals surface area contributed by atoms with Gasteiger partial charge in [0.25, 0.3) is 5.91 Å². The summed E-state index contributed by atoms with van der Waals surface area (Å²) in [5.74, 6) is -0.0372. The predicted molar refractivity (Wildman–Crippen MR) is 59.8 cm³/mol. The number of hydrogen-bond acceptors (Lipinski definition) is 3. The Hall–Kier alpha value is -1.10. The number of ether oxygens (including phenoxy) is 1. The van der Waals surface area contributed by atoms with Crippen molar-refractivity contribution in [1.82, 2.24) is 10.2 Å². The molecule has 2 atom stereocenters. The lowest BCUT2D eigenvalue weighted by Crippen LogP contribution is -2.52. The first-order valence-corrected chi connectivity index (χ1v) is 5.72. The monoisotopic (exact) mass is 228 g/mol. The normalized spacial score (nSPS) is 22.7. The van der Waals surface area contributed by atoms with Crippen LogP contribution in [0.15, 0.2) is 0 Å². The van der Waals surface area contributed by atoms with Crippen LogP contribution in [0.1, 0.15) is 20.3 Å². The van der Waals surface area contributed by atoms with E-state index in [1.165, 1.54) is 0 Å². The maximum Gasteiger partial charge on any atom is 0.250 e. The first-order valence-electron chi connectivity index (χ1n) is 5.72. The van der Waals surface area contributed by atoms with E-state index in [-0.39, 0.29) is 17.7 Å². The average Bonchev–Trinajstić information content (AvgIpc) is 2.36. The molecular weight excluding hydrogens is 208 g/mol. The van der Waals surface area contributed by atoms with Gasteiger partial charge in [-0.1, -0.05) is 13.8 Å². The van der Waals surface area contributed by atoms with Crippen LogP contribution < -0.4 is 5.32 Å². The van der Waals surface area contributed by atoms with Gasteiger partial charge in [-0.05, 0) is 6.42 Å². The lowest BCUT2D eigenvalue weighted by atomic mass is 10.1. The fraction of sp³-hybridized carbons (Fsp3) is 0.818. The number of rotatable bonds is 3. The maximum atomic E-state index is 11.9. The SMILES string of the molecule is CCC(C)C(=O)N1CCOC(C(=O)NC)C1. The molecular formula is C11H20N2O3. The molecule has 1 aliphatic heterocycles. The topological polar surface area (TPSA) is 58.6 Å². The van der Waals surface area contributed by atoms with Crippen LogP contribution in [0.5, 0.6) is 0 Å². The number of carbonyl (C=O) groups is 2. The minimum absolute atomic E-state index is 0.0171. The van der Waals surface area contributed by atoms with Crippen LogP contribution in [0.25, 0.3) is 0 Å². The molecule has 1 aliphatic rings. The molecule has 5 heteroatoms. The second-order valence-corrected chi connectivity index (χ2v) is 4.07. The van der Waals surface area contributed by atoms with Crippen molar-refractivity contribution in [3.05, 3.63) is 0 Å². The van der Waals surface area contributed by atoms with Crippen LogP contribution >= 0.6 is 0 Å². The molecule has 0 bridgehead atoms. The largest absolute Gasteiger partial charge is 0.365 e. The molecule has 1 rings (SSSR count). The van der Waals surface area contributed by atoms with Crippen LogP contribution in [0.4, 0.5) is 0 Å². The Morgan fingerprint density at radius 2 is 2.25 bits per heavy atom. The summed E-state index contributed by atoms with van der Waals surface area (Å²) in [6.07, 6.45) is 0.299. The summed E-state index contributed by atoms with van der Waals surface area (Å²) < 4.78 is 5.32. The highest BCUT2D eigenvalue weighted by atomic mass is 16.5. The molecule has 16 heavy (non-hydrogen) atoms. The van der Waals surface area contributed by atoms with Gasteiger partial charge in [0.1, 0.15) is 0 Å². The Kier molecular flexibility index (Phi) is 4.73. The van der Waals surface area contributed by atoms with Crippen molar-refractivity contribution in [3.8, 4) is 0 Å². The third-order valence-corrected chi connectivity index (χ3v) is 2.95. The number of hydrogen-bond donors (Lipinski definition) is 1. The van der Waals surface area contributed by atoms with E-state index < -0.39 is 6.10 Å². The summed E-state index contributed by atoms with van der Waals surface area (Å²) in [6.45, 7) is 5.27. The average molecular weight is 228 g/mol. The first-order chi connectivity index (χ1) is 7.60. The molecule has 1 heterocycles. The number of nitrogens with zero attached hydrogens (tertiary/aromatic N) is 1. The fourth-order valence-corrected chi connectivity index (χ4v) is 1.66. The summed E-state index contributed by atoms with van der Waals surface area (Å²) in [5.41, 5.74) is 0. The maximum absolute atomic E-state index is 11.9. The highest BCUT2D eigenvalue weighted by Gasteiger charge is 2.29. The van der Waals surface area contributed by atoms with Crippen LogP contribution in [0, 0.1) is 5.92 Å². The molecule has 2 amide bonds. The lowest BCUT2D eigenvalue weighted by Gasteiger charge is -2.33. The summed E-state index contributed by atoms with van der Waals surface area (Å²) in [7, 11) is 1.57. The second-order valence-electron chi connectivity index (χ2n) is 4.07. The second kappa shape index (κ2) is 5.84. The standard InChI is InChI=1S/C11H20N2O3/c1-4-8(2)11(15)13-5-6-16-9(7-13)10(14)12-3/h8-9H,4-7H2,1-3H3,(H,12,14). The quantitative estimate of drug-likeness (QED) is 0.740. The molecule has 1 fully saturated rings. The Labute approximate surface area is 96.1 Å². The van der Waals surface area contributed by atoms with Crippen molar-refractivity contribution >= 4 is 11.8 Å². The van der Waals surface area contributed by atoms with Crippen molar-refractivity contribution < 1.29 is 14.3 Å². The minimum atomic E-state index is -0.522. The van der Waals surface area contributed by atoms with Crippen molar-refractivity contribution in [1.29, 1.82) is 0 Å². The summed E-state index contributed by atoms with van der Waals surface area (Å²) in [4.78, 5) is 25.0. The van der Waals surface area contributed by atoms with E-state index in [4.69, 9.17) is 4.74 Å². The molecule has 0 aromatic rings. The molecule has 5 nitrogen and oxygen atoms in total. The summed E-state index contributed by atoms with van der Waals surface area (Å²) in [6, 6.07) is 0. The van der Waals surface area contributed by atoms with E-state index in [2.05, 4.69) is 5.32 Å². The van der Waals surface area contributed by atoms with Crippen LogP contribution in [0.2, 0.25) is 0 Å². The van der Waals surface area contributed by atoms with Crippen molar-refractivity contribution in [2.24, 2.45) is 5.92 Å². The fourth-order valence-electron chi connectivity index (χ4n) is 1.66. The number of carbonyl (C=O) groups excluding carboxylic acids is 2. The smallest absolute Gasteiger partial charge is 0.250 e. The Morgan fingerprint density at radius 1 is 1.56 bits per heavy atom. The minimum Gasteiger partial charge on any atom is -0.365 e. The van der Waals surface area contributed by atoms with E-state index in [9.17, 15) is 9.59 Å². The molecule has 0 aliphatic carbocycles. The van der Waals surface area contributed by atoms with Gasteiger partial charge in [0.15, 0.2) is 6.10 Å². The number of likely N-dealkylation sites (N-methyl/N-ethyl adjacent to an activating group) is 1. The van der Waals surface area contributed by atoms with Gasteiger partial charge in [-0.25, -0.2) is 0 Å². The molecule has 2 unspecified atom stereocenters. The summed E-state index contributed by atoms with van der Waals surface area (Å²) in [5, 5.41) is 2.54. The Morgan fingerprint density at radius 3 is 2.81 bits per heavy atom. The highest BCUT2D eigenvalue weighted by Crippen LogP contribution is 2.11. The van der Waals surface area contributed by atoms with Gasteiger partial charge in [-0.3, -0.25) is 9.59 Å². The Bertz CT molecular complexity index is 268. The third-order valence-electron chi connectivity index (χ3n) is 2.95. The van der Waals surface area contributed by atoms with Gasteiger partial charge in [-0.15, -0.1) is 0 Å². The number of nitrogens with one attached hydrogen (secondary N) is 1. The van der Waals surface area contributed by atoms with Crippen molar-refractivity contribution in [2.75, 3.05) is 26.7 Å². The van der Waals surface area contributed by atoms with Crippen LogP contribution in [-0.2, 0) is 14.3 Å². The molecule has 1 N–H and O–H groups in total. The predicted octanol–water partition coefficient (Wildman–Crippen LogP) is 0.00590. The van der Waals surface area contributed by atoms with Gasteiger partial charge >= 0.3 is 0 Å².